The lowest BCUT2D eigenvalue weighted by Crippen LogP contribution is -2.43. The molecule has 0 aromatic heterocycles. The fraction of sp³-hybridized carbons (Fsp3) is 0.571. The standard InChI is InChI=1S/C14H23NO3/c1-3-7-15-10-14(2,17)11-18-13-6-4-5-12(8-13)9-16/h4-6,8,15-17H,3,7,9-11H2,1-2H3. The van der Waals surface area contributed by atoms with Crippen LogP contribution < -0.4 is 10.1 Å². The molecule has 4 heteroatoms. The van der Waals surface area contributed by atoms with Crippen LogP contribution in [0.2, 0.25) is 0 Å². The molecule has 3 N–H and O–H groups in total. The summed E-state index contributed by atoms with van der Waals surface area (Å²) in [5, 5.41) is 22.3. The monoisotopic (exact) mass is 253 g/mol. The number of ether oxygens (including phenoxy) is 1. The second-order valence-electron chi connectivity index (χ2n) is 4.77. The molecule has 102 valence electrons. The predicted molar refractivity (Wildman–Crippen MR) is 71.6 cm³/mol. The van der Waals surface area contributed by atoms with Crippen LogP contribution in [0, 0.1) is 0 Å². The number of rotatable bonds is 8. The van der Waals surface area contributed by atoms with Gasteiger partial charge in [0.05, 0.1) is 6.61 Å². The van der Waals surface area contributed by atoms with E-state index in [0.29, 0.717) is 12.3 Å². The van der Waals surface area contributed by atoms with Crippen molar-refractivity contribution >= 4 is 0 Å². The van der Waals surface area contributed by atoms with Crippen molar-refractivity contribution in [3.8, 4) is 5.75 Å². The van der Waals surface area contributed by atoms with Crippen LogP contribution in [-0.2, 0) is 6.61 Å². The van der Waals surface area contributed by atoms with E-state index in [1.807, 2.05) is 18.2 Å². The molecule has 0 heterocycles. The van der Waals surface area contributed by atoms with Crippen molar-refractivity contribution < 1.29 is 14.9 Å². The molecule has 0 amide bonds. The summed E-state index contributed by atoms with van der Waals surface area (Å²) in [7, 11) is 0. The van der Waals surface area contributed by atoms with Crippen molar-refractivity contribution in [1.29, 1.82) is 0 Å². The second kappa shape index (κ2) is 7.36. The van der Waals surface area contributed by atoms with Gasteiger partial charge in [0.2, 0.25) is 0 Å². The zero-order valence-corrected chi connectivity index (χ0v) is 11.1. The summed E-state index contributed by atoms with van der Waals surface area (Å²) in [6, 6.07) is 7.24. The zero-order valence-electron chi connectivity index (χ0n) is 11.1. The number of hydrogen-bond acceptors (Lipinski definition) is 4. The highest BCUT2D eigenvalue weighted by molar-refractivity contribution is 5.28. The van der Waals surface area contributed by atoms with E-state index in [9.17, 15) is 5.11 Å². The molecular weight excluding hydrogens is 230 g/mol. The average molecular weight is 253 g/mol. The molecule has 0 aliphatic rings. The fourth-order valence-electron chi connectivity index (χ4n) is 1.56. The number of benzene rings is 1. The molecular formula is C14H23NO3. The van der Waals surface area contributed by atoms with Crippen LogP contribution in [-0.4, -0.2) is 35.5 Å². The molecule has 18 heavy (non-hydrogen) atoms. The Kier molecular flexibility index (Phi) is 6.12. The largest absolute Gasteiger partial charge is 0.491 e. The molecule has 1 aromatic carbocycles. The first-order valence-electron chi connectivity index (χ1n) is 6.33. The van der Waals surface area contributed by atoms with Gasteiger partial charge >= 0.3 is 0 Å². The molecule has 0 saturated heterocycles. The molecule has 0 radical (unpaired) electrons. The molecule has 0 bridgehead atoms. The number of aliphatic hydroxyl groups is 2. The van der Waals surface area contributed by atoms with E-state index >= 15 is 0 Å². The van der Waals surface area contributed by atoms with Crippen molar-refractivity contribution in [2.45, 2.75) is 32.5 Å². The maximum atomic E-state index is 10.1. The summed E-state index contributed by atoms with van der Waals surface area (Å²) in [4.78, 5) is 0. The van der Waals surface area contributed by atoms with Crippen molar-refractivity contribution in [1.82, 2.24) is 5.32 Å². The highest BCUT2D eigenvalue weighted by atomic mass is 16.5. The van der Waals surface area contributed by atoms with Crippen molar-refractivity contribution in [2.24, 2.45) is 0 Å². The first-order valence-corrected chi connectivity index (χ1v) is 6.33. The Balaban J connectivity index is 2.42. The maximum absolute atomic E-state index is 10.1. The van der Waals surface area contributed by atoms with E-state index in [2.05, 4.69) is 12.2 Å². The lowest BCUT2D eigenvalue weighted by atomic mass is 10.1. The van der Waals surface area contributed by atoms with Crippen LogP contribution in [0.5, 0.6) is 5.75 Å². The van der Waals surface area contributed by atoms with Crippen molar-refractivity contribution in [2.75, 3.05) is 19.7 Å². The summed E-state index contributed by atoms with van der Waals surface area (Å²) in [6.45, 7) is 5.42. The fourth-order valence-corrected chi connectivity index (χ4v) is 1.56. The molecule has 0 spiro atoms. The van der Waals surface area contributed by atoms with Gasteiger partial charge in [-0.3, -0.25) is 0 Å². The van der Waals surface area contributed by atoms with Gasteiger partial charge in [-0.25, -0.2) is 0 Å². The highest BCUT2D eigenvalue weighted by Crippen LogP contribution is 2.15. The van der Waals surface area contributed by atoms with Gasteiger partial charge < -0.3 is 20.3 Å². The molecule has 1 atom stereocenters. The Morgan fingerprint density at radius 1 is 1.39 bits per heavy atom. The molecule has 0 aliphatic heterocycles. The van der Waals surface area contributed by atoms with Crippen molar-refractivity contribution in [3.63, 3.8) is 0 Å². The van der Waals surface area contributed by atoms with Gasteiger partial charge in [0.25, 0.3) is 0 Å². The van der Waals surface area contributed by atoms with Crippen LogP contribution >= 0.6 is 0 Å². The van der Waals surface area contributed by atoms with Crippen LogP contribution in [0.4, 0.5) is 0 Å². The topological polar surface area (TPSA) is 61.7 Å². The van der Waals surface area contributed by atoms with Crippen LogP contribution in [0.25, 0.3) is 0 Å². The number of nitrogens with one attached hydrogen (secondary N) is 1. The van der Waals surface area contributed by atoms with E-state index in [1.165, 1.54) is 0 Å². The minimum absolute atomic E-state index is 0.00829. The summed E-state index contributed by atoms with van der Waals surface area (Å²) in [5.41, 5.74) is -0.0963. The molecule has 1 unspecified atom stereocenters. The number of hydrogen-bond donors (Lipinski definition) is 3. The molecule has 0 saturated carbocycles. The first-order chi connectivity index (χ1) is 8.57. The summed E-state index contributed by atoms with van der Waals surface area (Å²) >= 11 is 0. The van der Waals surface area contributed by atoms with Gasteiger partial charge in [-0.2, -0.15) is 0 Å². The third-order valence-corrected chi connectivity index (χ3v) is 2.56. The third kappa shape index (κ3) is 5.49. The van der Waals surface area contributed by atoms with Gasteiger partial charge in [-0.05, 0) is 37.6 Å². The van der Waals surface area contributed by atoms with Gasteiger partial charge in [0.15, 0.2) is 0 Å². The minimum atomic E-state index is -0.898. The van der Waals surface area contributed by atoms with Crippen LogP contribution in [0.1, 0.15) is 25.8 Å². The van der Waals surface area contributed by atoms with E-state index in [4.69, 9.17) is 9.84 Å². The summed E-state index contributed by atoms with van der Waals surface area (Å²) < 4.78 is 5.54. The quantitative estimate of drug-likeness (QED) is 0.611. The Hall–Kier alpha value is -1.10. The van der Waals surface area contributed by atoms with E-state index in [1.54, 1.807) is 13.0 Å². The Labute approximate surface area is 109 Å². The SMILES string of the molecule is CCCNCC(C)(O)COc1cccc(CO)c1. The lowest BCUT2D eigenvalue weighted by Gasteiger charge is -2.24. The van der Waals surface area contributed by atoms with Gasteiger partial charge in [-0.15, -0.1) is 0 Å². The van der Waals surface area contributed by atoms with Gasteiger partial charge in [0, 0.05) is 6.54 Å². The number of aliphatic hydroxyl groups excluding tert-OH is 1. The third-order valence-electron chi connectivity index (χ3n) is 2.56. The maximum Gasteiger partial charge on any atom is 0.119 e. The van der Waals surface area contributed by atoms with E-state index in [0.717, 1.165) is 18.5 Å². The average Bonchev–Trinajstić information content (AvgIpc) is 2.37. The predicted octanol–water partition coefficient (Wildman–Crippen LogP) is 1.31. The molecule has 0 aliphatic carbocycles. The zero-order chi connectivity index (χ0) is 13.4. The lowest BCUT2D eigenvalue weighted by molar-refractivity contribution is 0.0124. The molecule has 1 rings (SSSR count). The van der Waals surface area contributed by atoms with Crippen LogP contribution in [0.15, 0.2) is 24.3 Å². The molecule has 4 nitrogen and oxygen atoms in total. The smallest absolute Gasteiger partial charge is 0.119 e. The second-order valence-corrected chi connectivity index (χ2v) is 4.77. The molecule has 1 aromatic rings. The molecule has 0 fully saturated rings. The van der Waals surface area contributed by atoms with Gasteiger partial charge in [-0.1, -0.05) is 19.1 Å². The Morgan fingerprint density at radius 2 is 2.17 bits per heavy atom. The van der Waals surface area contributed by atoms with E-state index in [-0.39, 0.29) is 13.2 Å². The summed E-state index contributed by atoms with van der Waals surface area (Å²) in [6.07, 6.45) is 1.04. The van der Waals surface area contributed by atoms with Crippen molar-refractivity contribution in [3.05, 3.63) is 29.8 Å². The Morgan fingerprint density at radius 3 is 2.83 bits per heavy atom. The van der Waals surface area contributed by atoms with Crippen LogP contribution in [0.3, 0.4) is 0 Å². The normalized spacial score (nSPS) is 14.2. The Bertz CT molecular complexity index is 353. The minimum Gasteiger partial charge on any atom is -0.491 e. The van der Waals surface area contributed by atoms with E-state index < -0.39 is 5.60 Å². The first kappa shape index (κ1) is 15.0. The highest BCUT2D eigenvalue weighted by Gasteiger charge is 2.20. The summed E-state index contributed by atoms with van der Waals surface area (Å²) in [5.74, 6) is 0.664. The van der Waals surface area contributed by atoms with Gasteiger partial charge in [0.1, 0.15) is 18.0 Å².